The normalized spacial score (nSPS) is 22.7. The van der Waals surface area contributed by atoms with Crippen molar-refractivity contribution >= 4 is 21.7 Å². The number of hydrogen-bond acceptors (Lipinski definition) is 5. The highest BCUT2D eigenvalue weighted by atomic mass is 32.2. The van der Waals surface area contributed by atoms with Crippen LogP contribution in [-0.2, 0) is 24.2 Å². The zero-order valence-corrected chi connectivity index (χ0v) is 12.6. The molecule has 1 aliphatic heterocycles. The van der Waals surface area contributed by atoms with Gasteiger partial charge in [-0.2, -0.15) is 0 Å². The van der Waals surface area contributed by atoms with E-state index in [0.29, 0.717) is 13.0 Å². The highest BCUT2D eigenvalue weighted by molar-refractivity contribution is 7.90. The van der Waals surface area contributed by atoms with Crippen LogP contribution in [0.3, 0.4) is 0 Å². The Morgan fingerprint density at radius 3 is 2.50 bits per heavy atom. The molecule has 20 heavy (non-hydrogen) atoms. The van der Waals surface area contributed by atoms with Crippen molar-refractivity contribution < 1.29 is 27.9 Å². The van der Waals surface area contributed by atoms with Gasteiger partial charge in [0.1, 0.15) is 15.8 Å². The summed E-state index contributed by atoms with van der Waals surface area (Å²) in [7, 11) is -3.22. The number of nitrogens with zero attached hydrogens (tertiary/aromatic N) is 1. The molecule has 0 saturated carbocycles. The highest BCUT2D eigenvalue weighted by Gasteiger charge is 2.39. The molecule has 0 radical (unpaired) electrons. The van der Waals surface area contributed by atoms with E-state index in [1.165, 1.54) is 4.90 Å². The van der Waals surface area contributed by atoms with Gasteiger partial charge in [0.05, 0.1) is 25.0 Å². The molecule has 1 heterocycles. The SMILES string of the molecule is CCCN(C(=O)CCS(C)(=O)=O)C1COCC1C(=O)O. The molecular weight excluding hydrogens is 286 g/mol. The Morgan fingerprint density at radius 1 is 1.35 bits per heavy atom. The summed E-state index contributed by atoms with van der Waals surface area (Å²) in [6, 6.07) is -0.514. The van der Waals surface area contributed by atoms with Gasteiger partial charge in [-0.1, -0.05) is 6.92 Å². The van der Waals surface area contributed by atoms with Gasteiger partial charge >= 0.3 is 5.97 Å². The number of ether oxygens (including phenoxy) is 1. The van der Waals surface area contributed by atoms with Crippen LogP contribution in [0.1, 0.15) is 19.8 Å². The second-order valence-electron chi connectivity index (χ2n) is 5.02. The molecule has 1 aliphatic rings. The van der Waals surface area contributed by atoms with Crippen LogP contribution >= 0.6 is 0 Å². The predicted octanol–water partition coefficient (Wildman–Crippen LogP) is -0.241. The maximum absolute atomic E-state index is 12.1. The number of rotatable bonds is 7. The van der Waals surface area contributed by atoms with Crippen molar-refractivity contribution in [1.82, 2.24) is 4.90 Å². The number of carbonyl (C=O) groups is 2. The molecule has 2 unspecified atom stereocenters. The molecule has 0 aromatic carbocycles. The molecule has 2 atom stereocenters. The van der Waals surface area contributed by atoms with Crippen LogP contribution in [-0.4, -0.2) is 68.1 Å². The highest BCUT2D eigenvalue weighted by Crippen LogP contribution is 2.21. The van der Waals surface area contributed by atoms with E-state index in [4.69, 9.17) is 9.84 Å². The Labute approximate surface area is 118 Å². The van der Waals surface area contributed by atoms with Crippen LogP contribution in [0.5, 0.6) is 0 Å². The molecular formula is C12H21NO6S. The van der Waals surface area contributed by atoms with Crippen molar-refractivity contribution in [3.05, 3.63) is 0 Å². The fraction of sp³-hybridized carbons (Fsp3) is 0.833. The first kappa shape index (κ1) is 16.9. The van der Waals surface area contributed by atoms with E-state index in [1.54, 1.807) is 0 Å². The van der Waals surface area contributed by atoms with Gasteiger partial charge in [0.15, 0.2) is 0 Å². The first-order chi connectivity index (χ1) is 9.26. The summed E-state index contributed by atoms with van der Waals surface area (Å²) >= 11 is 0. The van der Waals surface area contributed by atoms with Gasteiger partial charge < -0.3 is 14.7 Å². The topological polar surface area (TPSA) is 101 Å². The Balaban J connectivity index is 2.77. The average molecular weight is 307 g/mol. The monoisotopic (exact) mass is 307 g/mol. The van der Waals surface area contributed by atoms with Crippen LogP contribution in [0.2, 0.25) is 0 Å². The lowest BCUT2D eigenvalue weighted by Gasteiger charge is -2.30. The molecule has 0 bridgehead atoms. The molecule has 8 heteroatoms. The van der Waals surface area contributed by atoms with Gasteiger partial charge in [0, 0.05) is 19.2 Å². The minimum atomic E-state index is -3.22. The molecule has 0 spiro atoms. The number of carboxylic acids is 1. The van der Waals surface area contributed by atoms with Gasteiger partial charge in [0.25, 0.3) is 0 Å². The van der Waals surface area contributed by atoms with E-state index >= 15 is 0 Å². The summed E-state index contributed by atoms with van der Waals surface area (Å²) in [5, 5.41) is 9.13. The lowest BCUT2D eigenvalue weighted by atomic mass is 10.0. The summed E-state index contributed by atoms with van der Waals surface area (Å²) in [5.41, 5.74) is 0. The Kier molecular flexibility index (Phi) is 5.94. The van der Waals surface area contributed by atoms with Crippen molar-refractivity contribution in [2.75, 3.05) is 31.8 Å². The fourth-order valence-electron chi connectivity index (χ4n) is 2.22. The quantitative estimate of drug-likeness (QED) is 0.696. The molecule has 1 rings (SSSR count). The molecule has 1 amide bonds. The Hall–Kier alpha value is -1.15. The molecule has 1 N–H and O–H groups in total. The van der Waals surface area contributed by atoms with Crippen LogP contribution in [0, 0.1) is 5.92 Å². The Morgan fingerprint density at radius 2 is 2.00 bits per heavy atom. The zero-order chi connectivity index (χ0) is 15.3. The van der Waals surface area contributed by atoms with E-state index < -0.39 is 27.8 Å². The molecule has 7 nitrogen and oxygen atoms in total. The molecule has 1 saturated heterocycles. The minimum absolute atomic E-state index is 0.0829. The number of aliphatic carboxylic acids is 1. The van der Waals surface area contributed by atoms with E-state index in [1.807, 2.05) is 6.92 Å². The van der Waals surface area contributed by atoms with Gasteiger partial charge in [-0.3, -0.25) is 9.59 Å². The van der Waals surface area contributed by atoms with Crippen molar-refractivity contribution in [2.24, 2.45) is 5.92 Å². The first-order valence-corrected chi connectivity index (χ1v) is 8.60. The van der Waals surface area contributed by atoms with Crippen LogP contribution in [0.25, 0.3) is 0 Å². The van der Waals surface area contributed by atoms with Crippen molar-refractivity contribution in [3.63, 3.8) is 0 Å². The lowest BCUT2D eigenvalue weighted by molar-refractivity contribution is -0.145. The van der Waals surface area contributed by atoms with E-state index in [2.05, 4.69) is 0 Å². The summed E-state index contributed by atoms with van der Waals surface area (Å²) in [4.78, 5) is 24.7. The minimum Gasteiger partial charge on any atom is -0.481 e. The van der Waals surface area contributed by atoms with Crippen LogP contribution in [0.4, 0.5) is 0 Å². The van der Waals surface area contributed by atoms with Gasteiger partial charge in [-0.05, 0) is 6.42 Å². The maximum atomic E-state index is 12.1. The van der Waals surface area contributed by atoms with E-state index in [0.717, 1.165) is 6.26 Å². The third-order valence-corrected chi connectivity index (χ3v) is 4.19. The summed E-state index contributed by atoms with van der Waals surface area (Å²) < 4.78 is 27.4. The molecule has 0 aromatic rings. The molecule has 0 aromatic heterocycles. The standard InChI is InChI=1S/C12H21NO6S/c1-3-5-13(11(14)4-6-20(2,17)18)10-8-19-7-9(10)12(15)16/h9-10H,3-8H2,1-2H3,(H,15,16). The van der Waals surface area contributed by atoms with E-state index in [-0.39, 0.29) is 31.3 Å². The van der Waals surface area contributed by atoms with Gasteiger partial charge in [-0.15, -0.1) is 0 Å². The van der Waals surface area contributed by atoms with Crippen LogP contribution < -0.4 is 0 Å². The van der Waals surface area contributed by atoms with Crippen molar-refractivity contribution in [3.8, 4) is 0 Å². The average Bonchev–Trinajstić information content (AvgIpc) is 2.81. The van der Waals surface area contributed by atoms with Gasteiger partial charge in [0.2, 0.25) is 5.91 Å². The van der Waals surface area contributed by atoms with E-state index in [9.17, 15) is 18.0 Å². The zero-order valence-electron chi connectivity index (χ0n) is 11.7. The predicted molar refractivity (Wildman–Crippen MR) is 72.1 cm³/mol. The van der Waals surface area contributed by atoms with Crippen molar-refractivity contribution in [2.45, 2.75) is 25.8 Å². The number of carbonyl (C=O) groups excluding carboxylic acids is 1. The van der Waals surface area contributed by atoms with Gasteiger partial charge in [-0.25, -0.2) is 8.42 Å². The number of sulfone groups is 1. The summed E-state index contributed by atoms with van der Waals surface area (Å²) in [6.45, 7) is 2.55. The third-order valence-electron chi connectivity index (χ3n) is 3.24. The van der Waals surface area contributed by atoms with Crippen molar-refractivity contribution in [1.29, 1.82) is 0 Å². The second-order valence-corrected chi connectivity index (χ2v) is 7.28. The number of hydrogen-bond donors (Lipinski definition) is 1. The Bertz CT molecular complexity index is 461. The fourth-order valence-corrected chi connectivity index (χ4v) is 2.76. The smallest absolute Gasteiger partial charge is 0.311 e. The van der Waals surface area contributed by atoms with Crippen LogP contribution in [0.15, 0.2) is 0 Å². The number of amides is 1. The summed E-state index contributed by atoms with van der Waals surface area (Å²) in [5.74, 6) is -2.30. The third kappa shape index (κ3) is 4.75. The second kappa shape index (κ2) is 7.03. The first-order valence-electron chi connectivity index (χ1n) is 6.54. The summed E-state index contributed by atoms with van der Waals surface area (Å²) in [6.07, 6.45) is 1.62. The largest absolute Gasteiger partial charge is 0.481 e. The number of carboxylic acid groups (broad SMARTS) is 1. The maximum Gasteiger partial charge on any atom is 0.311 e. The lowest BCUT2D eigenvalue weighted by Crippen LogP contribution is -2.47. The molecule has 1 fully saturated rings. The molecule has 116 valence electrons. The molecule has 0 aliphatic carbocycles.